The molecule has 0 spiro atoms. The molecule has 1 aliphatic heterocycles. The highest BCUT2D eigenvalue weighted by molar-refractivity contribution is 6.32. The van der Waals surface area contributed by atoms with Crippen molar-refractivity contribution >= 4 is 23.1 Å². The first-order chi connectivity index (χ1) is 8.00. The highest BCUT2D eigenvalue weighted by atomic mass is 35.5. The third kappa shape index (κ3) is 2.32. The second-order valence-electron chi connectivity index (χ2n) is 5.11. The molecule has 1 aromatic rings. The molecule has 1 saturated heterocycles. The highest BCUT2D eigenvalue weighted by Gasteiger charge is 2.31. The van der Waals surface area contributed by atoms with Crippen molar-refractivity contribution in [2.24, 2.45) is 11.8 Å². The molecule has 2 N–H and O–H groups in total. The van der Waals surface area contributed by atoms with Crippen molar-refractivity contribution in [3.8, 4) is 0 Å². The lowest BCUT2D eigenvalue weighted by atomic mass is 9.86. The molecule has 0 aliphatic carbocycles. The van der Waals surface area contributed by atoms with Gasteiger partial charge in [0, 0.05) is 12.6 Å². The van der Waals surface area contributed by atoms with Gasteiger partial charge < -0.3 is 10.6 Å². The first-order valence-corrected chi connectivity index (χ1v) is 6.41. The Morgan fingerprint density at radius 2 is 2.06 bits per heavy atom. The molecule has 0 amide bonds. The molecule has 0 saturated carbocycles. The number of piperidine rings is 1. The van der Waals surface area contributed by atoms with Gasteiger partial charge in [0.05, 0.1) is 0 Å². The van der Waals surface area contributed by atoms with E-state index in [9.17, 15) is 0 Å². The first kappa shape index (κ1) is 12.4. The van der Waals surface area contributed by atoms with E-state index in [1.54, 1.807) is 0 Å². The molecule has 3 unspecified atom stereocenters. The predicted octanol–water partition coefficient (Wildman–Crippen LogP) is 2.58. The van der Waals surface area contributed by atoms with Crippen molar-refractivity contribution in [2.45, 2.75) is 33.2 Å². The fourth-order valence-corrected chi connectivity index (χ4v) is 2.72. The van der Waals surface area contributed by atoms with Crippen LogP contribution in [0.4, 0.5) is 11.5 Å². The topological polar surface area (TPSA) is 55.0 Å². The van der Waals surface area contributed by atoms with Crippen LogP contribution in [0, 0.1) is 11.8 Å². The van der Waals surface area contributed by atoms with Crippen LogP contribution in [0.15, 0.2) is 6.33 Å². The van der Waals surface area contributed by atoms with E-state index in [0.717, 1.165) is 12.4 Å². The van der Waals surface area contributed by atoms with Gasteiger partial charge >= 0.3 is 0 Å². The van der Waals surface area contributed by atoms with Gasteiger partial charge in [-0.15, -0.1) is 0 Å². The standard InChI is InChI=1S/C12H19ClN4/c1-7-4-8(2)9(3)17(5-7)12-10(14)11(13)15-6-16-12/h6-9H,4-5,14H2,1-3H3. The molecule has 0 radical (unpaired) electrons. The van der Waals surface area contributed by atoms with Gasteiger partial charge in [-0.3, -0.25) is 0 Å². The summed E-state index contributed by atoms with van der Waals surface area (Å²) < 4.78 is 0. The zero-order valence-corrected chi connectivity index (χ0v) is 11.3. The van der Waals surface area contributed by atoms with Crippen LogP contribution in [0.5, 0.6) is 0 Å². The van der Waals surface area contributed by atoms with E-state index in [-0.39, 0.29) is 0 Å². The molecule has 1 fully saturated rings. The Balaban J connectivity index is 2.34. The smallest absolute Gasteiger partial charge is 0.157 e. The van der Waals surface area contributed by atoms with Gasteiger partial charge in [-0.1, -0.05) is 25.4 Å². The van der Waals surface area contributed by atoms with Gasteiger partial charge in [0.2, 0.25) is 0 Å². The summed E-state index contributed by atoms with van der Waals surface area (Å²) in [6, 6.07) is 0.430. The van der Waals surface area contributed by atoms with Crippen molar-refractivity contribution in [1.82, 2.24) is 9.97 Å². The number of anilines is 2. The van der Waals surface area contributed by atoms with Crippen LogP contribution in [0.3, 0.4) is 0 Å². The molecule has 0 bridgehead atoms. The van der Waals surface area contributed by atoms with Gasteiger partial charge in [-0.05, 0) is 25.2 Å². The number of rotatable bonds is 1. The number of nitrogens with two attached hydrogens (primary N) is 1. The third-order valence-corrected chi connectivity index (χ3v) is 3.99. The van der Waals surface area contributed by atoms with Crippen molar-refractivity contribution in [1.29, 1.82) is 0 Å². The van der Waals surface area contributed by atoms with Crippen LogP contribution in [0.25, 0.3) is 0 Å². The molecule has 4 nitrogen and oxygen atoms in total. The summed E-state index contributed by atoms with van der Waals surface area (Å²) in [6.45, 7) is 7.72. The minimum atomic E-state index is 0.341. The van der Waals surface area contributed by atoms with Gasteiger partial charge in [0.15, 0.2) is 11.0 Å². The number of nitrogens with zero attached hydrogens (tertiary/aromatic N) is 3. The van der Waals surface area contributed by atoms with Crippen LogP contribution in [0.1, 0.15) is 27.2 Å². The van der Waals surface area contributed by atoms with Gasteiger partial charge in [-0.2, -0.15) is 0 Å². The number of hydrogen-bond acceptors (Lipinski definition) is 4. The molecule has 94 valence electrons. The summed E-state index contributed by atoms with van der Waals surface area (Å²) in [4.78, 5) is 10.4. The average molecular weight is 255 g/mol. The normalized spacial score (nSPS) is 29.4. The summed E-state index contributed by atoms with van der Waals surface area (Å²) >= 11 is 5.95. The molecule has 17 heavy (non-hydrogen) atoms. The summed E-state index contributed by atoms with van der Waals surface area (Å²) in [5, 5.41) is 0.341. The molecular weight excluding hydrogens is 236 g/mol. The maximum atomic E-state index is 5.97. The SMILES string of the molecule is CC1CC(C)C(C)N(c2ncnc(Cl)c2N)C1. The Hall–Kier alpha value is -1.03. The van der Waals surface area contributed by atoms with Crippen LogP contribution in [-0.2, 0) is 0 Å². The molecule has 0 aromatic carbocycles. The molecule has 5 heteroatoms. The van der Waals surface area contributed by atoms with Crippen LogP contribution < -0.4 is 10.6 Å². The highest BCUT2D eigenvalue weighted by Crippen LogP contribution is 2.34. The third-order valence-electron chi connectivity index (χ3n) is 3.68. The van der Waals surface area contributed by atoms with E-state index in [2.05, 4.69) is 35.6 Å². The Bertz CT molecular complexity index is 409. The quantitative estimate of drug-likeness (QED) is 0.783. The predicted molar refractivity (Wildman–Crippen MR) is 71.2 cm³/mol. The lowest BCUT2D eigenvalue weighted by Gasteiger charge is -2.42. The fraction of sp³-hybridized carbons (Fsp3) is 0.667. The van der Waals surface area contributed by atoms with Crippen molar-refractivity contribution < 1.29 is 0 Å². The Morgan fingerprint density at radius 1 is 1.35 bits per heavy atom. The Kier molecular flexibility index (Phi) is 3.43. The summed E-state index contributed by atoms with van der Waals surface area (Å²) in [5.41, 5.74) is 6.46. The minimum Gasteiger partial charge on any atom is -0.393 e. The number of halogens is 1. The Labute approximate surface area is 107 Å². The molecule has 1 aliphatic rings. The molecular formula is C12H19ClN4. The van der Waals surface area contributed by atoms with E-state index in [1.165, 1.54) is 12.7 Å². The molecule has 2 heterocycles. The largest absolute Gasteiger partial charge is 0.393 e. The molecule has 3 atom stereocenters. The van der Waals surface area contributed by atoms with Crippen LogP contribution in [-0.4, -0.2) is 22.6 Å². The van der Waals surface area contributed by atoms with E-state index < -0.39 is 0 Å². The lowest BCUT2D eigenvalue weighted by Crippen LogP contribution is -2.46. The lowest BCUT2D eigenvalue weighted by molar-refractivity contribution is 0.295. The van der Waals surface area contributed by atoms with E-state index >= 15 is 0 Å². The maximum Gasteiger partial charge on any atom is 0.157 e. The summed E-state index contributed by atoms with van der Waals surface area (Å²) in [6.07, 6.45) is 2.72. The average Bonchev–Trinajstić information content (AvgIpc) is 2.27. The monoisotopic (exact) mass is 254 g/mol. The van der Waals surface area contributed by atoms with Crippen LogP contribution in [0.2, 0.25) is 5.15 Å². The first-order valence-electron chi connectivity index (χ1n) is 6.03. The number of aromatic nitrogens is 2. The summed E-state index contributed by atoms with van der Waals surface area (Å²) in [7, 11) is 0. The van der Waals surface area contributed by atoms with Crippen molar-refractivity contribution in [3.63, 3.8) is 0 Å². The van der Waals surface area contributed by atoms with Crippen LogP contribution >= 0.6 is 11.6 Å². The fourth-order valence-electron chi connectivity index (χ4n) is 2.59. The van der Waals surface area contributed by atoms with E-state index in [4.69, 9.17) is 17.3 Å². The van der Waals surface area contributed by atoms with E-state index in [1.807, 2.05) is 0 Å². The number of nitrogen functional groups attached to an aromatic ring is 1. The zero-order valence-electron chi connectivity index (χ0n) is 10.5. The summed E-state index contributed by atoms with van der Waals surface area (Å²) in [5.74, 6) is 2.05. The second kappa shape index (κ2) is 4.69. The molecule has 2 rings (SSSR count). The Morgan fingerprint density at radius 3 is 2.76 bits per heavy atom. The van der Waals surface area contributed by atoms with Crippen molar-refractivity contribution in [2.75, 3.05) is 17.2 Å². The van der Waals surface area contributed by atoms with Crippen molar-refractivity contribution in [3.05, 3.63) is 11.5 Å². The maximum absolute atomic E-state index is 5.97. The zero-order chi connectivity index (χ0) is 12.6. The second-order valence-corrected chi connectivity index (χ2v) is 5.47. The van der Waals surface area contributed by atoms with Gasteiger partial charge in [0.1, 0.15) is 12.0 Å². The molecule has 1 aromatic heterocycles. The minimum absolute atomic E-state index is 0.341. The number of hydrogen-bond donors (Lipinski definition) is 1. The van der Waals surface area contributed by atoms with Gasteiger partial charge in [-0.25, -0.2) is 9.97 Å². The van der Waals surface area contributed by atoms with Gasteiger partial charge in [0.25, 0.3) is 0 Å². The van der Waals surface area contributed by atoms with E-state index in [0.29, 0.717) is 28.7 Å².